The highest BCUT2D eigenvalue weighted by Gasteiger charge is 2.14. The topological polar surface area (TPSA) is 35.2 Å². The molecule has 0 aliphatic rings. The van der Waals surface area contributed by atoms with Gasteiger partial charge in [0.25, 0.3) is 0 Å². The van der Waals surface area contributed by atoms with Crippen LogP contribution in [0.2, 0.25) is 0 Å². The van der Waals surface area contributed by atoms with Gasteiger partial charge < -0.3 is 10.5 Å². The van der Waals surface area contributed by atoms with E-state index < -0.39 is 6.61 Å². The van der Waals surface area contributed by atoms with Crippen LogP contribution >= 0.6 is 27.3 Å². The molecule has 2 rings (SSSR count). The van der Waals surface area contributed by atoms with Gasteiger partial charge in [-0.15, -0.1) is 0 Å². The fourth-order valence-corrected chi connectivity index (χ4v) is 3.16. The standard InChI is InChI=1S/C12H10BrF2NOS/c13-10-6-18-5-9(10)11(16)7-2-1-3-8(4-7)17-12(14)15/h1-6,11-12H,16H2. The van der Waals surface area contributed by atoms with Crippen LogP contribution < -0.4 is 10.5 Å². The largest absolute Gasteiger partial charge is 0.435 e. The summed E-state index contributed by atoms with van der Waals surface area (Å²) in [6, 6.07) is 6.07. The smallest absolute Gasteiger partial charge is 0.387 e. The van der Waals surface area contributed by atoms with Crippen LogP contribution in [0.4, 0.5) is 8.78 Å². The lowest BCUT2D eigenvalue weighted by atomic mass is 10.0. The van der Waals surface area contributed by atoms with E-state index >= 15 is 0 Å². The van der Waals surface area contributed by atoms with Gasteiger partial charge in [-0.1, -0.05) is 12.1 Å². The number of thiophene rings is 1. The maximum atomic E-state index is 12.1. The minimum atomic E-state index is -2.83. The van der Waals surface area contributed by atoms with E-state index in [-0.39, 0.29) is 11.8 Å². The van der Waals surface area contributed by atoms with Gasteiger partial charge in [0.1, 0.15) is 5.75 Å². The quantitative estimate of drug-likeness (QED) is 0.911. The molecule has 1 unspecified atom stereocenters. The maximum Gasteiger partial charge on any atom is 0.387 e. The minimum absolute atomic E-state index is 0.115. The van der Waals surface area contributed by atoms with Crippen molar-refractivity contribution >= 4 is 27.3 Å². The Morgan fingerprint density at radius 3 is 2.67 bits per heavy atom. The van der Waals surface area contributed by atoms with Crippen molar-refractivity contribution in [1.82, 2.24) is 0 Å². The molecule has 0 amide bonds. The van der Waals surface area contributed by atoms with Gasteiger partial charge >= 0.3 is 6.61 Å². The van der Waals surface area contributed by atoms with Crippen molar-refractivity contribution in [2.75, 3.05) is 0 Å². The fraction of sp³-hybridized carbons (Fsp3) is 0.167. The van der Waals surface area contributed by atoms with Crippen LogP contribution in [-0.2, 0) is 0 Å². The van der Waals surface area contributed by atoms with Crippen LogP contribution in [0, 0.1) is 0 Å². The first-order valence-electron chi connectivity index (χ1n) is 5.10. The van der Waals surface area contributed by atoms with Crippen LogP contribution in [0.1, 0.15) is 17.2 Å². The molecule has 0 aliphatic carbocycles. The van der Waals surface area contributed by atoms with E-state index in [1.165, 1.54) is 23.5 Å². The second kappa shape index (κ2) is 5.77. The third-order valence-electron chi connectivity index (χ3n) is 2.42. The molecule has 2 nitrogen and oxygen atoms in total. The van der Waals surface area contributed by atoms with Gasteiger partial charge in [0.05, 0.1) is 6.04 Å². The van der Waals surface area contributed by atoms with E-state index in [2.05, 4.69) is 20.7 Å². The molecule has 18 heavy (non-hydrogen) atoms. The molecule has 0 spiro atoms. The summed E-state index contributed by atoms with van der Waals surface area (Å²) >= 11 is 4.93. The summed E-state index contributed by atoms with van der Waals surface area (Å²) in [6.07, 6.45) is 0. The van der Waals surface area contributed by atoms with Crippen molar-refractivity contribution in [3.63, 3.8) is 0 Å². The lowest BCUT2D eigenvalue weighted by Gasteiger charge is -2.13. The number of hydrogen-bond donors (Lipinski definition) is 1. The Morgan fingerprint density at radius 2 is 2.06 bits per heavy atom. The normalized spacial score (nSPS) is 12.7. The van der Waals surface area contributed by atoms with E-state index in [0.29, 0.717) is 0 Å². The van der Waals surface area contributed by atoms with E-state index in [1.807, 2.05) is 10.8 Å². The number of alkyl halides is 2. The molecule has 0 fully saturated rings. The average molecular weight is 334 g/mol. The van der Waals surface area contributed by atoms with E-state index in [0.717, 1.165) is 15.6 Å². The molecule has 0 bridgehead atoms. The molecule has 1 atom stereocenters. The van der Waals surface area contributed by atoms with Gasteiger partial charge in [-0.3, -0.25) is 0 Å². The highest BCUT2D eigenvalue weighted by molar-refractivity contribution is 9.10. The highest BCUT2D eigenvalue weighted by atomic mass is 79.9. The molecule has 2 N–H and O–H groups in total. The van der Waals surface area contributed by atoms with Crippen LogP contribution in [0.3, 0.4) is 0 Å². The minimum Gasteiger partial charge on any atom is -0.435 e. The first-order valence-corrected chi connectivity index (χ1v) is 6.83. The third-order valence-corrected chi connectivity index (χ3v) is 4.17. The Balaban J connectivity index is 2.25. The SMILES string of the molecule is NC(c1cccc(OC(F)F)c1)c1cscc1Br. The summed E-state index contributed by atoms with van der Waals surface area (Å²) in [5.74, 6) is 0.115. The van der Waals surface area contributed by atoms with Crippen LogP contribution in [-0.4, -0.2) is 6.61 Å². The molecule has 2 aromatic rings. The second-order valence-corrected chi connectivity index (χ2v) is 5.20. The predicted octanol–water partition coefficient (Wildman–Crippen LogP) is 4.16. The summed E-state index contributed by atoms with van der Waals surface area (Å²) in [7, 11) is 0. The number of rotatable bonds is 4. The molecule has 96 valence electrons. The molecule has 1 aromatic heterocycles. The molecule has 0 radical (unpaired) electrons. The van der Waals surface area contributed by atoms with Crippen molar-refractivity contribution in [1.29, 1.82) is 0 Å². The van der Waals surface area contributed by atoms with Crippen LogP contribution in [0.5, 0.6) is 5.75 Å². The first kappa shape index (κ1) is 13.5. The van der Waals surface area contributed by atoms with Crippen LogP contribution in [0.15, 0.2) is 39.5 Å². The van der Waals surface area contributed by atoms with Gasteiger partial charge in [0.2, 0.25) is 0 Å². The van der Waals surface area contributed by atoms with Crippen LogP contribution in [0.25, 0.3) is 0 Å². The Bertz CT molecular complexity index is 532. The van der Waals surface area contributed by atoms with Gasteiger partial charge in [-0.2, -0.15) is 20.1 Å². The van der Waals surface area contributed by atoms with Gasteiger partial charge in [0.15, 0.2) is 0 Å². The monoisotopic (exact) mass is 333 g/mol. The zero-order valence-corrected chi connectivity index (χ0v) is 11.5. The molecule has 0 saturated heterocycles. The lowest BCUT2D eigenvalue weighted by molar-refractivity contribution is -0.0498. The number of ether oxygens (including phenoxy) is 1. The number of hydrogen-bond acceptors (Lipinski definition) is 3. The van der Waals surface area contributed by atoms with E-state index in [9.17, 15) is 8.78 Å². The van der Waals surface area contributed by atoms with E-state index in [4.69, 9.17) is 5.73 Å². The summed E-state index contributed by atoms with van der Waals surface area (Å²) in [5, 5.41) is 3.85. The van der Waals surface area contributed by atoms with Gasteiger partial charge in [0, 0.05) is 9.85 Å². The summed E-state index contributed by atoms with van der Waals surface area (Å²) in [4.78, 5) is 0. The predicted molar refractivity (Wildman–Crippen MR) is 71.1 cm³/mol. The van der Waals surface area contributed by atoms with Gasteiger partial charge in [-0.25, -0.2) is 0 Å². The Morgan fingerprint density at radius 1 is 1.28 bits per heavy atom. The summed E-state index contributed by atoms with van der Waals surface area (Å²) in [5.41, 5.74) is 7.75. The number of benzene rings is 1. The fourth-order valence-electron chi connectivity index (χ4n) is 1.58. The number of halogens is 3. The highest BCUT2D eigenvalue weighted by Crippen LogP contribution is 2.31. The molecule has 0 aliphatic heterocycles. The molecular weight excluding hydrogens is 324 g/mol. The summed E-state index contributed by atoms with van der Waals surface area (Å²) < 4.78 is 29.5. The molecule has 0 saturated carbocycles. The van der Waals surface area contributed by atoms with E-state index in [1.54, 1.807) is 12.1 Å². The molecule has 1 heterocycles. The Hall–Kier alpha value is -0.980. The van der Waals surface area contributed by atoms with Crippen molar-refractivity contribution < 1.29 is 13.5 Å². The van der Waals surface area contributed by atoms with Gasteiger partial charge in [-0.05, 0) is 44.6 Å². The zero-order chi connectivity index (χ0) is 13.1. The lowest BCUT2D eigenvalue weighted by Crippen LogP contribution is -2.12. The van der Waals surface area contributed by atoms with Crippen molar-refractivity contribution in [2.45, 2.75) is 12.7 Å². The molecular formula is C12H10BrF2NOS. The second-order valence-electron chi connectivity index (χ2n) is 3.60. The first-order chi connectivity index (χ1) is 8.58. The van der Waals surface area contributed by atoms with Crippen molar-refractivity contribution in [3.05, 3.63) is 50.6 Å². The molecule has 1 aromatic carbocycles. The van der Waals surface area contributed by atoms with Crippen molar-refractivity contribution in [3.8, 4) is 5.75 Å². The molecule has 6 heteroatoms. The maximum absolute atomic E-state index is 12.1. The average Bonchev–Trinajstić information content (AvgIpc) is 2.74. The summed E-state index contributed by atoms with van der Waals surface area (Å²) in [6.45, 7) is -2.83. The van der Waals surface area contributed by atoms with Crippen molar-refractivity contribution in [2.24, 2.45) is 5.73 Å². The zero-order valence-electron chi connectivity index (χ0n) is 9.15. The Labute approximate surface area is 116 Å². The third kappa shape index (κ3) is 3.07. The Kier molecular flexibility index (Phi) is 4.31. The number of nitrogens with two attached hydrogens (primary N) is 1.